The van der Waals surface area contributed by atoms with Crippen molar-refractivity contribution in [3.63, 3.8) is 0 Å². The third kappa shape index (κ3) is 2.92. The van der Waals surface area contributed by atoms with Crippen LogP contribution < -0.4 is 0 Å². The van der Waals surface area contributed by atoms with Gasteiger partial charge in [0, 0.05) is 0 Å². The van der Waals surface area contributed by atoms with Crippen molar-refractivity contribution in [1.29, 1.82) is 0 Å². The molecule has 3 heteroatoms. The first kappa shape index (κ1) is 11.4. The fourth-order valence-corrected chi connectivity index (χ4v) is 2.70. The van der Waals surface area contributed by atoms with Crippen LogP contribution in [0.2, 0.25) is 0 Å². The zero-order valence-corrected chi connectivity index (χ0v) is 9.27. The van der Waals surface area contributed by atoms with Gasteiger partial charge in [0.05, 0.1) is 24.4 Å². The Morgan fingerprint density at radius 3 is 1.47 bits per heavy atom. The molecule has 0 bridgehead atoms. The predicted molar refractivity (Wildman–Crippen MR) is 57.6 cm³/mol. The molecule has 4 atom stereocenters. The number of rotatable bonds is 2. The molecule has 0 unspecified atom stereocenters. The first-order valence-corrected chi connectivity index (χ1v) is 6.29. The zero-order valence-electron chi connectivity index (χ0n) is 9.27. The van der Waals surface area contributed by atoms with Gasteiger partial charge in [-0.1, -0.05) is 25.7 Å². The first-order chi connectivity index (χ1) is 7.27. The Bertz CT molecular complexity index is 175. The summed E-state index contributed by atoms with van der Waals surface area (Å²) in [5.41, 5.74) is 0. The standard InChI is InChI=1S/C12H22O3/c13-9-5-1-3-7-11(9)15-12-8-4-2-6-10(12)14/h9-14H,1-8H2/t9-,10-,11-,12-/m0/s1. The third-order valence-corrected chi connectivity index (χ3v) is 3.68. The molecule has 2 N–H and O–H groups in total. The highest BCUT2D eigenvalue weighted by atomic mass is 16.5. The molecule has 88 valence electrons. The molecule has 2 rings (SSSR count). The Balaban J connectivity index is 1.83. The average Bonchev–Trinajstić information content (AvgIpc) is 2.24. The molecule has 0 aromatic heterocycles. The summed E-state index contributed by atoms with van der Waals surface area (Å²) in [5.74, 6) is 0. The van der Waals surface area contributed by atoms with Crippen LogP contribution in [0, 0.1) is 0 Å². The van der Waals surface area contributed by atoms with E-state index in [9.17, 15) is 10.2 Å². The molecule has 15 heavy (non-hydrogen) atoms. The van der Waals surface area contributed by atoms with Gasteiger partial charge in [0.1, 0.15) is 0 Å². The number of ether oxygens (including phenoxy) is 1. The maximum absolute atomic E-state index is 9.78. The highest BCUT2D eigenvalue weighted by Gasteiger charge is 2.30. The van der Waals surface area contributed by atoms with E-state index in [1.165, 1.54) is 0 Å². The number of hydrogen-bond donors (Lipinski definition) is 2. The van der Waals surface area contributed by atoms with Crippen LogP contribution in [0.4, 0.5) is 0 Å². The fraction of sp³-hybridized carbons (Fsp3) is 1.00. The second kappa shape index (κ2) is 5.28. The molecule has 0 spiro atoms. The highest BCUT2D eigenvalue weighted by Crippen LogP contribution is 2.27. The van der Waals surface area contributed by atoms with Gasteiger partial charge in [-0.25, -0.2) is 0 Å². The van der Waals surface area contributed by atoms with Gasteiger partial charge in [0.15, 0.2) is 0 Å². The minimum absolute atomic E-state index is 0.0310. The summed E-state index contributed by atoms with van der Waals surface area (Å²) in [5, 5.41) is 19.6. The van der Waals surface area contributed by atoms with Crippen molar-refractivity contribution in [2.75, 3.05) is 0 Å². The Hall–Kier alpha value is -0.120. The normalized spacial score (nSPS) is 42.8. The van der Waals surface area contributed by atoms with E-state index in [1.807, 2.05) is 0 Å². The van der Waals surface area contributed by atoms with Crippen LogP contribution >= 0.6 is 0 Å². The Kier molecular flexibility index (Phi) is 4.00. The maximum atomic E-state index is 9.78. The highest BCUT2D eigenvalue weighted by molar-refractivity contribution is 4.80. The summed E-state index contributed by atoms with van der Waals surface area (Å²) in [7, 11) is 0. The molecule has 0 aliphatic heterocycles. The minimum Gasteiger partial charge on any atom is -0.390 e. The summed E-state index contributed by atoms with van der Waals surface area (Å²) >= 11 is 0. The molecule has 0 heterocycles. The molecule has 0 amide bonds. The van der Waals surface area contributed by atoms with Crippen molar-refractivity contribution in [2.24, 2.45) is 0 Å². The molecule has 0 radical (unpaired) electrons. The molecule has 2 aliphatic rings. The predicted octanol–water partition coefficient (Wildman–Crippen LogP) is 1.61. The van der Waals surface area contributed by atoms with Crippen molar-refractivity contribution in [3.8, 4) is 0 Å². The molecule has 0 aromatic rings. The van der Waals surface area contributed by atoms with Crippen LogP contribution in [0.15, 0.2) is 0 Å². The lowest BCUT2D eigenvalue weighted by molar-refractivity contribution is -0.138. The minimum atomic E-state index is -0.312. The largest absolute Gasteiger partial charge is 0.390 e. The lowest BCUT2D eigenvalue weighted by Crippen LogP contribution is -2.41. The molecule has 0 aromatic carbocycles. The van der Waals surface area contributed by atoms with E-state index >= 15 is 0 Å². The van der Waals surface area contributed by atoms with E-state index in [-0.39, 0.29) is 24.4 Å². The van der Waals surface area contributed by atoms with Crippen LogP contribution in [0.25, 0.3) is 0 Å². The van der Waals surface area contributed by atoms with Crippen LogP contribution in [0.5, 0.6) is 0 Å². The van der Waals surface area contributed by atoms with Crippen LogP contribution in [-0.2, 0) is 4.74 Å². The first-order valence-electron chi connectivity index (χ1n) is 6.29. The summed E-state index contributed by atoms with van der Waals surface area (Å²) in [6.07, 6.45) is 7.42. The number of aliphatic hydroxyl groups excluding tert-OH is 2. The Morgan fingerprint density at radius 2 is 1.07 bits per heavy atom. The second-order valence-electron chi connectivity index (χ2n) is 4.92. The molecular weight excluding hydrogens is 192 g/mol. The van der Waals surface area contributed by atoms with E-state index in [4.69, 9.17) is 4.74 Å². The fourth-order valence-electron chi connectivity index (χ4n) is 2.70. The maximum Gasteiger partial charge on any atom is 0.0839 e. The van der Waals surface area contributed by atoms with Crippen molar-refractivity contribution >= 4 is 0 Å². The van der Waals surface area contributed by atoms with Gasteiger partial charge in [-0.05, 0) is 25.7 Å². The van der Waals surface area contributed by atoms with Gasteiger partial charge in [0.25, 0.3) is 0 Å². The van der Waals surface area contributed by atoms with Crippen LogP contribution in [-0.4, -0.2) is 34.6 Å². The Labute approximate surface area is 91.4 Å². The Morgan fingerprint density at radius 1 is 0.667 bits per heavy atom. The van der Waals surface area contributed by atoms with Crippen LogP contribution in [0.3, 0.4) is 0 Å². The van der Waals surface area contributed by atoms with Crippen molar-refractivity contribution in [3.05, 3.63) is 0 Å². The van der Waals surface area contributed by atoms with Gasteiger partial charge < -0.3 is 14.9 Å². The molecule has 2 saturated carbocycles. The van der Waals surface area contributed by atoms with Gasteiger partial charge in [-0.2, -0.15) is 0 Å². The third-order valence-electron chi connectivity index (χ3n) is 3.68. The summed E-state index contributed by atoms with van der Waals surface area (Å²) in [6, 6.07) is 0. The van der Waals surface area contributed by atoms with E-state index in [0.717, 1.165) is 51.4 Å². The zero-order chi connectivity index (χ0) is 10.7. The van der Waals surface area contributed by atoms with E-state index in [2.05, 4.69) is 0 Å². The molecular formula is C12H22O3. The smallest absolute Gasteiger partial charge is 0.0839 e. The van der Waals surface area contributed by atoms with Crippen molar-refractivity contribution in [2.45, 2.75) is 75.8 Å². The topological polar surface area (TPSA) is 49.7 Å². The second-order valence-corrected chi connectivity index (χ2v) is 4.92. The van der Waals surface area contributed by atoms with Gasteiger partial charge in [0.2, 0.25) is 0 Å². The van der Waals surface area contributed by atoms with Gasteiger partial charge in [-0.3, -0.25) is 0 Å². The molecule has 2 fully saturated rings. The van der Waals surface area contributed by atoms with Gasteiger partial charge >= 0.3 is 0 Å². The summed E-state index contributed by atoms with van der Waals surface area (Å²) in [6.45, 7) is 0. The molecule has 3 nitrogen and oxygen atoms in total. The van der Waals surface area contributed by atoms with E-state index in [1.54, 1.807) is 0 Å². The van der Waals surface area contributed by atoms with Crippen molar-refractivity contribution < 1.29 is 14.9 Å². The average molecular weight is 214 g/mol. The van der Waals surface area contributed by atoms with E-state index < -0.39 is 0 Å². The molecule has 0 saturated heterocycles. The van der Waals surface area contributed by atoms with Crippen LogP contribution in [0.1, 0.15) is 51.4 Å². The van der Waals surface area contributed by atoms with Crippen molar-refractivity contribution in [1.82, 2.24) is 0 Å². The lowest BCUT2D eigenvalue weighted by Gasteiger charge is -2.35. The van der Waals surface area contributed by atoms with Gasteiger partial charge in [-0.15, -0.1) is 0 Å². The number of aliphatic hydroxyl groups is 2. The quantitative estimate of drug-likeness (QED) is 0.734. The molecule has 2 aliphatic carbocycles. The SMILES string of the molecule is O[C@H]1CCCC[C@@H]1O[C@H]1CCCC[C@@H]1O. The summed E-state index contributed by atoms with van der Waals surface area (Å²) in [4.78, 5) is 0. The monoisotopic (exact) mass is 214 g/mol. The number of hydrogen-bond acceptors (Lipinski definition) is 3. The van der Waals surface area contributed by atoms with E-state index in [0.29, 0.717) is 0 Å². The summed E-state index contributed by atoms with van der Waals surface area (Å²) < 4.78 is 5.86. The lowest BCUT2D eigenvalue weighted by atomic mass is 9.92.